The molecule has 0 aliphatic heterocycles. The highest BCUT2D eigenvalue weighted by Gasteiger charge is 2.09. The Hall–Kier alpha value is -3.20. The maximum atomic E-state index is 10.4. The van der Waals surface area contributed by atoms with E-state index in [1.165, 1.54) is 48.6 Å². The summed E-state index contributed by atoms with van der Waals surface area (Å²) < 4.78 is 0. The molecule has 0 spiro atoms. The lowest BCUT2D eigenvalue weighted by atomic mass is 10.0. The van der Waals surface area contributed by atoms with Crippen molar-refractivity contribution in [3.8, 4) is 11.5 Å². The lowest BCUT2D eigenvalue weighted by Gasteiger charge is -2.08. The minimum atomic E-state index is 0.00967. The van der Waals surface area contributed by atoms with Crippen LogP contribution in [0, 0.1) is 0 Å². The summed E-state index contributed by atoms with van der Waals surface area (Å²) in [6, 6.07) is 8.62. The molecular formula is C15H10N2O4. The second-order valence-electron chi connectivity index (χ2n) is 4.21. The highest BCUT2D eigenvalue weighted by Crippen LogP contribution is 2.31. The van der Waals surface area contributed by atoms with Crippen LogP contribution in [-0.4, -0.2) is 22.4 Å². The zero-order chi connectivity index (χ0) is 15.2. The average Bonchev–Trinajstić information content (AvgIpc) is 2.45. The van der Waals surface area contributed by atoms with Gasteiger partial charge in [0.05, 0.1) is 11.4 Å². The zero-order valence-electron chi connectivity index (χ0n) is 10.8. The Morgan fingerprint density at radius 2 is 1.24 bits per heavy atom. The van der Waals surface area contributed by atoms with Crippen LogP contribution in [0.25, 0.3) is 0 Å². The van der Waals surface area contributed by atoms with Gasteiger partial charge in [-0.1, -0.05) is 0 Å². The smallest absolute Gasteiger partial charge is 0.240 e. The van der Waals surface area contributed by atoms with E-state index >= 15 is 0 Å². The van der Waals surface area contributed by atoms with Crippen LogP contribution >= 0.6 is 0 Å². The van der Waals surface area contributed by atoms with Gasteiger partial charge in [-0.25, -0.2) is 9.59 Å². The summed E-state index contributed by atoms with van der Waals surface area (Å²) in [4.78, 5) is 28.0. The summed E-state index contributed by atoms with van der Waals surface area (Å²) in [5.74, 6) is 0.0193. The van der Waals surface area contributed by atoms with Crippen molar-refractivity contribution in [2.75, 3.05) is 0 Å². The minimum absolute atomic E-state index is 0.00967. The van der Waals surface area contributed by atoms with E-state index in [0.717, 1.165) is 0 Å². The van der Waals surface area contributed by atoms with Gasteiger partial charge in [-0.2, -0.15) is 9.98 Å². The molecule has 0 saturated carbocycles. The Bertz CT molecular complexity index is 708. The first-order chi connectivity index (χ1) is 10.1. The number of nitrogens with zero attached hydrogens (tertiary/aromatic N) is 2. The molecular weight excluding hydrogens is 272 g/mol. The summed E-state index contributed by atoms with van der Waals surface area (Å²) >= 11 is 0. The van der Waals surface area contributed by atoms with Crippen LogP contribution in [0.3, 0.4) is 0 Å². The molecule has 0 fully saturated rings. The molecule has 0 radical (unpaired) electrons. The molecule has 2 aromatic rings. The first-order valence-electron chi connectivity index (χ1n) is 5.93. The third kappa shape index (κ3) is 3.42. The molecule has 2 N–H and O–H groups in total. The Morgan fingerprint density at radius 3 is 1.62 bits per heavy atom. The van der Waals surface area contributed by atoms with Crippen LogP contribution in [0.1, 0.15) is 11.1 Å². The third-order valence-electron chi connectivity index (χ3n) is 2.84. The maximum Gasteiger partial charge on any atom is 0.240 e. The molecule has 0 bridgehead atoms. The SMILES string of the molecule is O=C=Nc1ccc(O)cc1Cc1cc(O)ccc1N=C=O. The van der Waals surface area contributed by atoms with Gasteiger partial charge in [-0.05, 0) is 47.5 Å². The van der Waals surface area contributed by atoms with E-state index in [2.05, 4.69) is 9.98 Å². The molecule has 2 rings (SSSR count). The molecule has 2 aromatic carbocycles. The molecule has 104 valence electrons. The normalized spacial score (nSPS) is 9.52. The van der Waals surface area contributed by atoms with E-state index in [1.807, 2.05) is 0 Å². The van der Waals surface area contributed by atoms with E-state index < -0.39 is 0 Å². The number of aromatic hydroxyl groups is 2. The lowest BCUT2D eigenvalue weighted by Crippen LogP contribution is -1.90. The van der Waals surface area contributed by atoms with Crippen molar-refractivity contribution >= 4 is 23.5 Å². The van der Waals surface area contributed by atoms with Crippen molar-refractivity contribution in [1.82, 2.24) is 0 Å². The van der Waals surface area contributed by atoms with Gasteiger partial charge >= 0.3 is 0 Å². The van der Waals surface area contributed by atoms with E-state index in [-0.39, 0.29) is 17.9 Å². The van der Waals surface area contributed by atoms with Gasteiger partial charge in [-0.3, -0.25) is 0 Å². The quantitative estimate of drug-likeness (QED) is 0.665. The highest BCUT2D eigenvalue weighted by atomic mass is 16.3. The van der Waals surface area contributed by atoms with Crippen LogP contribution in [0.15, 0.2) is 46.4 Å². The van der Waals surface area contributed by atoms with Crippen LogP contribution in [0.5, 0.6) is 11.5 Å². The summed E-state index contributed by atoms with van der Waals surface area (Å²) in [7, 11) is 0. The second-order valence-corrected chi connectivity index (χ2v) is 4.21. The van der Waals surface area contributed by atoms with E-state index in [9.17, 15) is 19.8 Å². The Morgan fingerprint density at radius 1 is 0.810 bits per heavy atom. The molecule has 0 atom stereocenters. The topological polar surface area (TPSA) is 99.3 Å². The molecule has 0 amide bonds. The first kappa shape index (κ1) is 14.2. The van der Waals surface area contributed by atoms with Gasteiger partial charge in [0.15, 0.2) is 0 Å². The number of hydrogen-bond acceptors (Lipinski definition) is 6. The number of rotatable bonds is 4. The number of phenols is 2. The van der Waals surface area contributed by atoms with Gasteiger partial charge in [0.2, 0.25) is 12.2 Å². The molecule has 0 aliphatic rings. The van der Waals surface area contributed by atoms with Gasteiger partial charge < -0.3 is 10.2 Å². The van der Waals surface area contributed by atoms with Gasteiger partial charge in [-0.15, -0.1) is 0 Å². The fourth-order valence-corrected chi connectivity index (χ4v) is 1.95. The maximum absolute atomic E-state index is 10.4. The van der Waals surface area contributed by atoms with Gasteiger partial charge in [0.25, 0.3) is 0 Å². The van der Waals surface area contributed by atoms with E-state index in [1.54, 1.807) is 0 Å². The van der Waals surface area contributed by atoms with Crippen molar-refractivity contribution in [2.45, 2.75) is 6.42 Å². The molecule has 0 unspecified atom stereocenters. The van der Waals surface area contributed by atoms with E-state index in [4.69, 9.17) is 0 Å². The van der Waals surface area contributed by atoms with Crippen LogP contribution < -0.4 is 0 Å². The largest absolute Gasteiger partial charge is 0.508 e. The summed E-state index contributed by atoms with van der Waals surface area (Å²) in [5, 5.41) is 19.1. The Kier molecular flexibility index (Phi) is 4.26. The number of carbonyl (C=O) groups excluding carboxylic acids is 2. The minimum Gasteiger partial charge on any atom is -0.508 e. The molecule has 0 aliphatic carbocycles. The number of phenolic OH excluding ortho intramolecular Hbond substituents is 2. The number of hydrogen-bond donors (Lipinski definition) is 2. The van der Waals surface area contributed by atoms with Crippen molar-refractivity contribution in [3.05, 3.63) is 47.5 Å². The predicted octanol–water partition coefficient (Wildman–Crippen LogP) is 2.62. The standard InChI is InChI=1S/C15H10N2O4/c18-8-16-14-3-1-12(20)6-10(14)5-11-7-13(21)2-4-15(11)17-9-19/h1-4,6-7,20-21H,5H2. The fourth-order valence-electron chi connectivity index (χ4n) is 1.95. The lowest BCUT2D eigenvalue weighted by molar-refractivity contribution is 0.474. The first-order valence-corrected chi connectivity index (χ1v) is 5.93. The third-order valence-corrected chi connectivity index (χ3v) is 2.84. The molecule has 0 saturated heterocycles. The van der Waals surface area contributed by atoms with Crippen LogP contribution in [0.4, 0.5) is 11.4 Å². The highest BCUT2D eigenvalue weighted by molar-refractivity contribution is 5.61. The Labute approximate surface area is 119 Å². The zero-order valence-corrected chi connectivity index (χ0v) is 10.8. The van der Waals surface area contributed by atoms with Crippen LogP contribution in [-0.2, 0) is 16.0 Å². The predicted molar refractivity (Wildman–Crippen MR) is 74.6 cm³/mol. The number of aliphatic imine (C=N–C) groups is 2. The van der Waals surface area contributed by atoms with Crippen molar-refractivity contribution in [1.29, 1.82) is 0 Å². The molecule has 6 nitrogen and oxygen atoms in total. The Balaban J connectivity index is 2.51. The van der Waals surface area contributed by atoms with E-state index in [0.29, 0.717) is 22.5 Å². The second kappa shape index (κ2) is 6.30. The molecule has 6 heteroatoms. The fraction of sp³-hybridized carbons (Fsp3) is 0.0667. The van der Waals surface area contributed by atoms with Gasteiger partial charge in [0.1, 0.15) is 11.5 Å². The number of isocyanates is 2. The molecule has 21 heavy (non-hydrogen) atoms. The molecule has 0 heterocycles. The van der Waals surface area contributed by atoms with Crippen molar-refractivity contribution < 1.29 is 19.8 Å². The van der Waals surface area contributed by atoms with Crippen molar-refractivity contribution in [2.24, 2.45) is 9.98 Å². The monoisotopic (exact) mass is 282 g/mol. The summed E-state index contributed by atoms with van der Waals surface area (Å²) in [5.41, 5.74) is 1.75. The van der Waals surface area contributed by atoms with Gasteiger partial charge in [0, 0.05) is 6.42 Å². The summed E-state index contributed by atoms with van der Waals surface area (Å²) in [6.45, 7) is 0. The van der Waals surface area contributed by atoms with Crippen LogP contribution in [0.2, 0.25) is 0 Å². The number of benzene rings is 2. The summed E-state index contributed by atoms with van der Waals surface area (Å²) in [6.07, 6.45) is 3.09. The van der Waals surface area contributed by atoms with Crippen molar-refractivity contribution in [3.63, 3.8) is 0 Å². The molecule has 0 aromatic heterocycles. The average molecular weight is 282 g/mol.